The Hall–Kier alpha value is -1.90. The fourth-order valence-electron chi connectivity index (χ4n) is 2.83. The summed E-state index contributed by atoms with van der Waals surface area (Å²) in [4.78, 5) is 20.0. The Kier molecular flexibility index (Phi) is 4.37. The second kappa shape index (κ2) is 6.19. The van der Waals surface area contributed by atoms with E-state index in [0.717, 1.165) is 18.5 Å². The summed E-state index contributed by atoms with van der Waals surface area (Å²) in [6, 6.07) is 4.82. The Morgan fingerprint density at radius 2 is 1.83 bits per heavy atom. The van der Waals surface area contributed by atoms with Crippen LogP contribution in [0, 0.1) is 0 Å². The molecule has 1 amide bonds. The maximum Gasteiger partial charge on any atom is 0.256 e. The number of hydrogen-bond acceptors (Lipinski definition) is 4. The number of benzene rings is 1. The number of likely N-dealkylation sites (N-methyl/N-ethyl adjacent to an activating group) is 1. The van der Waals surface area contributed by atoms with Crippen molar-refractivity contribution < 1.29 is 13.2 Å². The molecule has 7 nitrogen and oxygen atoms in total. The molecule has 0 saturated carbocycles. The summed E-state index contributed by atoms with van der Waals surface area (Å²) in [5.74, 6) is -0.0161. The monoisotopic (exact) mass is 350 g/mol. The van der Waals surface area contributed by atoms with Crippen LogP contribution in [0.1, 0.15) is 10.4 Å². The molecule has 0 unspecified atom stereocenters. The number of sulfonamides is 1. The van der Waals surface area contributed by atoms with E-state index in [4.69, 9.17) is 0 Å². The minimum absolute atomic E-state index is 0.0161. The second-order valence-electron chi connectivity index (χ2n) is 6.29. The molecule has 0 aliphatic carbocycles. The molecule has 3 rings (SSSR count). The lowest BCUT2D eigenvalue weighted by atomic mass is 10.1. The highest BCUT2D eigenvalue weighted by Crippen LogP contribution is 2.24. The van der Waals surface area contributed by atoms with Gasteiger partial charge in [-0.3, -0.25) is 4.79 Å². The largest absolute Gasteiger partial charge is 0.360 e. The van der Waals surface area contributed by atoms with Crippen molar-refractivity contribution in [1.29, 1.82) is 0 Å². The van der Waals surface area contributed by atoms with Crippen molar-refractivity contribution >= 4 is 26.8 Å². The van der Waals surface area contributed by atoms with Gasteiger partial charge in [0, 0.05) is 57.4 Å². The van der Waals surface area contributed by atoms with E-state index in [2.05, 4.69) is 9.88 Å². The molecular weight excluding hydrogens is 328 g/mol. The van der Waals surface area contributed by atoms with Crippen LogP contribution in [-0.4, -0.2) is 80.7 Å². The molecule has 2 heterocycles. The van der Waals surface area contributed by atoms with Crippen LogP contribution in [0.3, 0.4) is 0 Å². The van der Waals surface area contributed by atoms with Crippen LogP contribution in [0.2, 0.25) is 0 Å². The first-order valence-corrected chi connectivity index (χ1v) is 9.26. The molecule has 0 spiro atoms. The molecule has 8 heteroatoms. The molecule has 1 fully saturated rings. The summed E-state index contributed by atoms with van der Waals surface area (Å²) in [6.07, 6.45) is 1.66. The number of nitrogens with zero attached hydrogens (tertiary/aromatic N) is 3. The number of carbonyl (C=O) groups excluding carboxylic acids is 1. The maximum atomic E-state index is 12.7. The number of aromatic amines is 1. The molecule has 0 bridgehead atoms. The van der Waals surface area contributed by atoms with Crippen molar-refractivity contribution in [3.8, 4) is 0 Å². The van der Waals surface area contributed by atoms with Crippen molar-refractivity contribution in [2.75, 3.05) is 47.3 Å². The molecule has 1 aliphatic heterocycles. The summed E-state index contributed by atoms with van der Waals surface area (Å²) < 4.78 is 25.6. The standard InChI is InChI=1S/C16H22N4O3S/c1-18(2)24(22,23)12-4-5-13-14(11-17-15(13)10-12)16(21)20-8-6-19(3)7-9-20/h4-5,10-11,17H,6-9H2,1-3H3. The van der Waals surface area contributed by atoms with E-state index in [1.165, 1.54) is 18.4 Å². The highest BCUT2D eigenvalue weighted by atomic mass is 32.2. The lowest BCUT2D eigenvalue weighted by Crippen LogP contribution is -2.47. The van der Waals surface area contributed by atoms with Gasteiger partial charge in [-0.1, -0.05) is 6.07 Å². The average Bonchev–Trinajstić information content (AvgIpc) is 2.97. The highest BCUT2D eigenvalue weighted by molar-refractivity contribution is 7.89. The Bertz CT molecular complexity index is 865. The summed E-state index contributed by atoms with van der Waals surface area (Å²) in [5, 5.41) is 0.747. The third-order valence-corrected chi connectivity index (χ3v) is 6.26. The summed E-state index contributed by atoms with van der Waals surface area (Å²) in [7, 11) is 1.54. The number of H-pyrrole nitrogens is 1. The molecule has 24 heavy (non-hydrogen) atoms. The quantitative estimate of drug-likeness (QED) is 0.889. The lowest BCUT2D eigenvalue weighted by Gasteiger charge is -2.32. The number of rotatable bonds is 3. The molecule has 0 radical (unpaired) electrons. The third kappa shape index (κ3) is 2.92. The van der Waals surface area contributed by atoms with Crippen molar-refractivity contribution in [1.82, 2.24) is 19.1 Å². The summed E-state index contributed by atoms with van der Waals surface area (Å²) in [6.45, 7) is 3.13. The van der Waals surface area contributed by atoms with Gasteiger partial charge in [-0.25, -0.2) is 12.7 Å². The smallest absolute Gasteiger partial charge is 0.256 e. The zero-order chi connectivity index (χ0) is 17.5. The van der Waals surface area contributed by atoms with E-state index >= 15 is 0 Å². The predicted octanol–water partition coefficient (Wildman–Crippen LogP) is 0.806. The van der Waals surface area contributed by atoms with Gasteiger partial charge in [0.2, 0.25) is 10.0 Å². The molecule has 1 aromatic heterocycles. The first-order valence-electron chi connectivity index (χ1n) is 7.82. The molecule has 1 aromatic carbocycles. The van der Waals surface area contributed by atoms with Gasteiger partial charge in [0.15, 0.2) is 0 Å². The van der Waals surface area contributed by atoms with Crippen molar-refractivity contribution in [2.24, 2.45) is 0 Å². The van der Waals surface area contributed by atoms with E-state index in [1.807, 2.05) is 11.9 Å². The normalized spacial score (nSPS) is 16.9. The van der Waals surface area contributed by atoms with Crippen molar-refractivity contribution in [3.63, 3.8) is 0 Å². The van der Waals surface area contributed by atoms with Gasteiger partial charge in [-0.15, -0.1) is 0 Å². The van der Waals surface area contributed by atoms with Crippen molar-refractivity contribution in [3.05, 3.63) is 30.0 Å². The van der Waals surface area contributed by atoms with Gasteiger partial charge in [0.1, 0.15) is 0 Å². The van der Waals surface area contributed by atoms with E-state index in [-0.39, 0.29) is 10.8 Å². The minimum Gasteiger partial charge on any atom is -0.360 e. The highest BCUT2D eigenvalue weighted by Gasteiger charge is 2.24. The van der Waals surface area contributed by atoms with Crippen LogP contribution in [0.4, 0.5) is 0 Å². The number of carbonyl (C=O) groups is 1. The minimum atomic E-state index is -3.49. The van der Waals surface area contributed by atoms with Crippen LogP contribution in [0.25, 0.3) is 10.9 Å². The molecule has 130 valence electrons. The van der Waals surface area contributed by atoms with Gasteiger partial charge >= 0.3 is 0 Å². The number of piperazine rings is 1. The lowest BCUT2D eigenvalue weighted by molar-refractivity contribution is 0.0666. The van der Waals surface area contributed by atoms with Crippen LogP contribution < -0.4 is 0 Å². The number of aromatic nitrogens is 1. The number of hydrogen-bond donors (Lipinski definition) is 1. The Balaban J connectivity index is 1.93. The van der Waals surface area contributed by atoms with E-state index < -0.39 is 10.0 Å². The van der Waals surface area contributed by atoms with E-state index in [9.17, 15) is 13.2 Å². The fraction of sp³-hybridized carbons (Fsp3) is 0.438. The summed E-state index contributed by atoms with van der Waals surface area (Å²) in [5.41, 5.74) is 1.23. The zero-order valence-corrected chi connectivity index (χ0v) is 14.9. The molecule has 1 aliphatic rings. The number of nitrogens with one attached hydrogen (secondary N) is 1. The van der Waals surface area contributed by atoms with Crippen LogP contribution >= 0.6 is 0 Å². The van der Waals surface area contributed by atoms with Gasteiger partial charge in [0.25, 0.3) is 5.91 Å². The molecule has 2 aromatic rings. The van der Waals surface area contributed by atoms with E-state index in [0.29, 0.717) is 24.2 Å². The Morgan fingerprint density at radius 3 is 2.46 bits per heavy atom. The predicted molar refractivity (Wildman–Crippen MR) is 92.6 cm³/mol. The second-order valence-corrected chi connectivity index (χ2v) is 8.44. The zero-order valence-electron chi connectivity index (χ0n) is 14.1. The Labute approximate surface area is 141 Å². The van der Waals surface area contributed by atoms with Crippen molar-refractivity contribution in [2.45, 2.75) is 4.90 Å². The molecule has 0 atom stereocenters. The molecular formula is C16H22N4O3S. The van der Waals surface area contributed by atoms with E-state index in [1.54, 1.807) is 24.4 Å². The average molecular weight is 350 g/mol. The van der Waals surface area contributed by atoms with Gasteiger partial charge in [-0.2, -0.15) is 0 Å². The molecule has 1 saturated heterocycles. The van der Waals surface area contributed by atoms with Crippen LogP contribution in [0.5, 0.6) is 0 Å². The topological polar surface area (TPSA) is 76.7 Å². The summed E-state index contributed by atoms with van der Waals surface area (Å²) >= 11 is 0. The van der Waals surface area contributed by atoms with Gasteiger partial charge in [0.05, 0.1) is 10.5 Å². The Morgan fingerprint density at radius 1 is 1.17 bits per heavy atom. The number of amides is 1. The first kappa shape index (κ1) is 16.9. The maximum absolute atomic E-state index is 12.7. The third-order valence-electron chi connectivity index (χ3n) is 4.45. The fourth-order valence-corrected chi connectivity index (χ4v) is 3.76. The number of fused-ring (bicyclic) bond motifs is 1. The first-order chi connectivity index (χ1) is 11.3. The van der Waals surface area contributed by atoms with Crippen LogP contribution in [-0.2, 0) is 10.0 Å². The van der Waals surface area contributed by atoms with Gasteiger partial charge < -0.3 is 14.8 Å². The van der Waals surface area contributed by atoms with Crippen LogP contribution in [0.15, 0.2) is 29.3 Å². The SMILES string of the molecule is CN1CCN(C(=O)c2c[nH]c3cc(S(=O)(=O)N(C)C)ccc23)CC1. The molecule has 1 N–H and O–H groups in total. The van der Waals surface area contributed by atoms with Gasteiger partial charge in [-0.05, 0) is 19.2 Å².